The van der Waals surface area contributed by atoms with Crippen molar-refractivity contribution >= 4 is 11.6 Å². The van der Waals surface area contributed by atoms with Gasteiger partial charge in [-0.05, 0) is 32.7 Å². The van der Waals surface area contributed by atoms with Crippen molar-refractivity contribution in [2.75, 3.05) is 6.54 Å². The lowest BCUT2D eigenvalue weighted by Crippen LogP contribution is -2.19. The maximum absolute atomic E-state index is 6.28. The SMILES string of the molecule is CCn1nc(C)c(Cl)c1CNCCC1CCCC1. The molecule has 1 saturated carbocycles. The summed E-state index contributed by atoms with van der Waals surface area (Å²) in [6.07, 6.45) is 7.01. The minimum Gasteiger partial charge on any atom is -0.311 e. The minimum atomic E-state index is 0.824. The zero-order valence-corrected chi connectivity index (χ0v) is 12.3. The highest BCUT2D eigenvalue weighted by atomic mass is 35.5. The molecule has 1 aliphatic rings. The van der Waals surface area contributed by atoms with Crippen LogP contribution >= 0.6 is 11.6 Å². The standard InChI is InChI=1S/C14H24ClN3/c1-3-18-13(14(15)11(2)17-18)10-16-9-8-12-6-4-5-7-12/h12,16H,3-10H2,1-2H3. The molecule has 0 radical (unpaired) electrons. The molecule has 0 saturated heterocycles. The summed E-state index contributed by atoms with van der Waals surface area (Å²) in [7, 11) is 0. The molecule has 1 aromatic rings. The number of rotatable bonds is 6. The van der Waals surface area contributed by atoms with Gasteiger partial charge in [0.25, 0.3) is 0 Å². The predicted octanol–water partition coefficient (Wildman–Crippen LogP) is 3.53. The van der Waals surface area contributed by atoms with Crippen LogP contribution in [0.15, 0.2) is 0 Å². The van der Waals surface area contributed by atoms with Gasteiger partial charge in [0.05, 0.1) is 16.4 Å². The molecule has 1 aliphatic carbocycles. The van der Waals surface area contributed by atoms with E-state index >= 15 is 0 Å². The summed E-state index contributed by atoms with van der Waals surface area (Å²) in [6.45, 7) is 6.88. The maximum Gasteiger partial charge on any atom is 0.0860 e. The quantitative estimate of drug-likeness (QED) is 0.801. The van der Waals surface area contributed by atoms with Gasteiger partial charge in [0, 0.05) is 13.1 Å². The summed E-state index contributed by atoms with van der Waals surface area (Å²) in [5, 5.41) is 8.77. The van der Waals surface area contributed by atoms with Crippen LogP contribution in [0, 0.1) is 12.8 Å². The molecule has 1 aromatic heterocycles. The van der Waals surface area contributed by atoms with E-state index < -0.39 is 0 Å². The van der Waals surface area contributed by atoms with Gasteiger partial charge in [-0.25, -0.2) is 0 Å². The molecule has 0 bridgehead atoms. The van der Waals surface area contributed by atoms with Crippen molar-refractivity contribution in [3.05, 3.63) is 16.4 Å². The van der Waals surface area contributed by atoms with Crippen molar-refractivity contribution < 1.29 is 0 Å². The summed E-state index contributed by atoms with van der Waals surface area (Å²) in [6, 6.07) is 0. The molecule has 0 aromatic carbocycles. The third kappa shape index (κ3) is 3.27. The summed E-state index contributed by atoms with van der Waals surface area (Å²) in [5.41, 5.74) is 2.06. The molecule has 0 spiro atoms. The summed E-state index contributed by atoms with van der Waals surface area (Å²) in [5.74, 6) is 0.950. The van der Waals surface area contributed by atoms with Crippen LogP contribution in [0.4, 0.5) is 0 Å². The first kappa shape index (κ1) is 13.9. The number of aryl methyl sites for hydroxylation is 2. The van der Waals surface area contributed by atoms with Gasteiger partial charge in [0.2, 0.25) is 0 Å². The Labute approximate surface area is 115 Å². The van der Waals surface area contributed by atoms with Gasteiger partial charge >= 0.3 is 0 Å². The van der Waals surface area contributed by atoms with E-state index in [1.165, 1.54) is 32.1 Å². The third-order valence-corrected chi connectivity index (χ3v) is 4.44. The number of halogens is 1. The van der Waals surface area contributed by atoms with Crippen LogP contribution in [0.5, 0.6) is 0 Å². The first-order valence-electron chi connectivity index (χ1n) is 7.14. The van der Waals surface area contributed by atoms with Crippen LogP contribution in [0.2, 0.25) is 5.02 Å². The van der Waals surface area contributed by atoms with Gasteiger partial charge in [-0.2, -0.15) is 5.10 Å². The van der Waals surface area contributed by atoms with E-state index in [9.17, 15) is 0 Å². The Hall–Kier alpha value is -0.540. The summed E-state index contributed by atoms with van der Waals surface area (Å²) >= 11 is 6.28. The van der Waals surface area contributed by atoms with Crippen molar-refractivity contribution in [1.29, 1.82) is 0 Å². The van der Waals surface area contributed by atoms with Gasteiger partial charge in [0.1, 0.15) is 0 Å². The first-order valence-corrected chi connectivity index (χ1v) is 7.52. The van der Waals surface area contributed by atoms with Crippen LogP contribution in [0.25, 0.3) is 0 Å². The van der Waals surface area contributed by atoms with Crippen molar-refractivity contribution in [2.45, 2.75) is 59.0 Å². The highest BCUT2D eigenvalue weighted by Crippen LogP contribution is 2.27. The fraction of sp³-hybridized carbons (Fsp3) is 0.786. The average molecular weight is 270 g/mol. The monoisotopic (exact) mass is 269 g/mol. The number of nitrogens with zero attached hydrogens (tertiary/aromatic N) is 2. The van der Waals surface area contributed by atoms with E-state index in [-0.39, 0.29) is 0 Å². The molecule has 3 nitrogen and oxygen atoms in total. The molecular weight excluding hydrogens is 246 g/mol. The Balaban J connectivity index is 1.78. The van der Waals surface area contributed by atoms with Gasteiger partial charge in [-0.15, -0.1) is 0 Å². The lowest BCUT2D eigenvalue weighted by molar-refractivity contribution is 0.471. The predicted molar refractivity (Wildman–Crippen MR) is 75.9 cm³/mol. The second-order valence-electron chi connectivity index (χ2n) is 5.28. The smallest absolute Gasteiger partial charge is 0.0860 e. The molecule has 2 rings (SSSR count). The van der Waals surface area contributed by atoms with Gasteiger partial charge in [0.15, 0.2) is 0 Å². The topological polar surface area (TPSA) is 29.9 Å². The second kappa shape index (κ2) is 6.58. The molecule has 0 aliphatic heterocycles. The first-order chi connectivity index (χ1) is 8.72. The van der Waals surface area contributed by atoms with Crippen molar-refractivity contribution in [2.24, 2.45) is 5.92 Å². The zero-order valence-electron chi connectivity index (χ0n) is 11.5. The van der Waals surface area contributed by atoms with E-state index in [4.69, 9.17) is 11.6 Å². The minimum absolute atomic E-state index is 0.824. The van der Waals surface area contributed by atoms with Crippen molar-refractivity contribution in [3.63, 3.8) is 0 Å². The third-order valence-electron chi connectivity index (χ3n) is 3.95. The van der Waals surface area contributed by atoms with Crippen LogP contribution < -0.4 is 5.32 Å². The Kier molecular flexibility index (Phi) is 5.07. The number of hydrogen-bond acceptors (Lipinski definition) is 2. The molecular formula is C14H24ClN3. The Bertz CT molecular complexity index is 381. The van der Waals surface area contributed by atoms with E-state index in [0.717, 1.165) is 42.0 Å². The largest absolute Gasteiger partial charge is 0.311 e. The zero-order chi connectivity index (χ0) is 13.0. The molecule has 0 unspecified atom stereocenters. The lowest BCUT2D eigenvalue weighted by Gasteiger charge is -2.10. The maximum atomic E-state index is 6.28. The molecule has 18 heavy (non-hydrogen) atoms. The normalized spacial score (nSPS) is 16.6. The summed E-state index contributed by atoms with van der Waals surface area (Å²) in [4.78, 5) is 0. The Morgan fingerprint density at radius 3 is 2.78 bits per heavy atom. The molecule has 4 heteroatoms. The van der Waals surface area contributed by atoms with E-state index in [1.807, 2.05) is 11.6 Å². The highest BCUT2D eigenvalue weighted by molar-refractivity contribution is 6.31. The highest BCUT2D eigenvalue weighted by Gasteiger charge is 2.15. The van der Waals surface area contributed by atoms with E-state index in [0.29, 0.717) is 0 Å². The van der Waals surface area contributed by atoms with Crippen molar-refractivity contribution in [3.8, 4) is 0 Å². The Morgan fingerprint density at radius 2 is 2.11 bits per heavy atom. The molecule has 102 valence electrons. The molecule has 1 heterocycles. The lowest BCUT2D eigenvalue weighted by atomic mass is 10.0. The van der Waals surface area contributed by atoms with Gasteiger partial charge < -0.3 is 5.32 Å². The average Bonchev–Trinajstić information content (AvgIpc) is 2.96. The van der Waals surface area contributed by atoms with Crippen molar-refractivity contribution in [1.82, 2.24) is 15.1 Å². The van der Waals surface area contributed by atoms with Crippen LogP contribution in [-0.4, -0.2) is 16.3 Å². The number of nitrogens with one attached hydrogen (secondary N) is 1. The molecule has 1 fully saturated rings. The van der Waals surface area contributed by atoms with Gasteiger partial charge in [-0.3, -0.25) is 4.68 Å². The Morgan fingerprint density at radius 1 is 1.39 bits per heavy atom. The number of aromatic nitrogens is 2. The van der Waals surface area contributed by atoms with Crippen LogP contribution in [0.1, 0.15) is 50.4 Å². The molecule has 0 amide bonds. The molecule has 0 atom stereocenters. The van der Waals surface area contributed by atoms with E-state index in [2.05, 4.69) is 17.3 Å². The van der Waals surface area contributed by atoms with Crippen LogP contribution in [-0.2, 0) is 13.1 Å². The van der Waals surface area contributed by atoms with Gasteiger partial charge in [-0.1, -0.05) is 37.3 Å². The fourth-order valence-corrected chi connectivity index (χ4v) is 3.05. The fourth-order valence-electron chi connectivity index (χ4n) is 2.85. The second-order valence-corrected chi connectivity index (χ2v) is 5.66. The van der Waals surface area contributed by atoms with E-state index in [1.54, 1.807) is 0 Å². The summed E-state index contributed by atoms with van der Waals surface area (Å²) < 4.78 is 2.00. The molecule has 1 N–H and O–H groups in total. The van der Waals surface area contributed by atoms with Crippen LogP contribution in [0.3, 0.4) is 0 Å². The number of hydrogen-bond donors (Lipinski definition) is 1.